The summed E-state index contributed by atoms with van der Waals surface area (Å²) in [6, 6.07) is 8.04. The van der Waals surface area contributed by atoms with Gasteiger partial charge in [-0.1, -0.05) is 49.6 Å². The van der Waals surface area contributed by atoms with Gasteiger partial charge >= 0.3 is 0 Å². The quantitative estimate of drug-likeness (QED) is 0.676. The lowest BCUT2D eigenvalue weighted by Crippen LogP contribution is -2.31. The van der Waals surface area contributed by atoms with Crippen LogP contribution in [0, 0.1) is 5.41 Å². The lowest BCUT2D eigenvalue weighted by Gasteiger charge is -2.32. The summed E-state index contributed by atoms with van der Waals surface area (Å²) in [4.78, 5) is 12.0. The average molecular weight is 279 g/mol. The normalized spacial score (nSPS) is 23.6. The maximum atomic E-state index is 12.0. The molecule has 1 atom stereocenters. The van der Waals surface area contributed by atoms with E-state index in [0.717, 1.165) is 50.0 Å². The number of benzene rings is 1. The van der Waals surface area contributed by atoms with Crippen LogP contribution in [0.5, 0.6) is 0 Å². The molecule has 0 amide bonds. The maximum absolute atomic E-state index is 12.0. The molecular weight excluding hydrogens is 256 g/mol. The minimum atomic E-state index is -0.0429. The van der Waals surface area contributed by atoms with Crippen LogP contribution in [0.1, 0.15) is 57.4 Å². The van der Waals surface area contributed by atoms with Gasteiger partial charge in [-0.3, -0.25) is 4.79 Å². The van der Waals surface area contributed by atoms with Gasteiger partial charge in [0.25, 0.3) is 0 Å². The van der Waals surface area contributed by atoms with E-state index in [4.69, 9.17) is 11.6 Å². The third-order valence-corrected chi connectivity index (χ3v) is 4.81. The van der Waals surface area contributed by atoms with E-state index in [1.165, 1.54) is 12.0 Å². The number of ketones is 1. The highest BCUT2D eigenvalue weighted by Gasteiger charge is 2.33. The zero-order valence-corrected chi connectivity index (χ0v) is 12.5. The summed E-state index contributed by atoms with van der Waals surface area (Å²) < 4.78 is 0. The fourth-order valence-electron chi connectivity index (χ4n) is 3.04. The van der Waals surface area contributed by atoms with Crippen LogP contribution in [0.3, 0.4) is 0 Å². The second-order valence-electron chi connectivity index (χ2n) is 5.99. The number of halogens is 1. The molecule has 19 heavy (non-hydrogen) atoms. The predicted molar refractivity (Wildman–Crippen MR) is 80.6 cm³/mol. The second-order valence-corrected chi connectivity index (χ2v) is 6.40. The largest absolute Gasteiger partial charge is 0.299 e. The van der Waals surface area contributed by atoms with E-state index in [1.54, 1.807) is 0 Å². The summed E-state index contributed by atoms with van der Waals surface area (Å²) >= 11 is 6.15. The predicted octanol–water partition coefficient (Wildman–Crippen LogP) is 5.20. The van der Waals surface area contributed by atoms with E-state index in [0.29, 0.717) is 5.78 Å². The summed E-state index contributed by atoms with van der Waals surface area (Å²) in [5.74, 6) is 0.483. The number of Topliss-reactive ketones (excluding diaryl/α,β-unsaturated/α-hetero) is 1. The van der Waals surface area contributed by atoms with Gasteiger partial charge in [0.05, 0.1) is 0 Å². The summed E-state index contributed by atoms with van der Waals surface area (Å²) in [6.07, 6.45) is 8.47. The number of carbonyl (C=O) groups is 1. The molecule has 0 radical (unpaired) electrons. The molecular formula is C17H23ClO. The fourth-order valence-corrected chi connectivity index (χ4v) is 3.27. The van der Waals surface area contributed by atoms with Crippen molar-refractivity contribution >= 4 is 17.4 Å². The maximum Gasteiger partial charge on any atom is 0.138 e. The van der Waals surface area contributed by atoms with E-state index >= 15 is 0 Å². The van der Waals surface area contributed by atoms with Gasteiger partial charge in [0.15, 0.2) is 0 Å². The average Bonchev–Trinajstić information content (AvgIpc) is 2.40. The van der Waals surface area contributed by atoms with Crippen molar-refractivity contribution in [2.75, 3.05) is 0 Å². The Labute approximate surface area is 121 Å². The monoisotopic (exact) mass is 278 g/mol. The highest BCUT2D eigenvalue weighted by atomic mass is 35.5. The Morgan fingerprint density at radius 2 is 2.00 bits per heavy atom. The van der Waals surface area contributed by atoms with Crippen molar-refractivity contribution in [2.45, 2.75) is 58.3 Å². The second kappa shape index (κ2) is 6.56. The van der Waals surface area contributed by atoms with Crippen molar-refractivity contribution in [2.24, 2.45) is 5.41 Å². The first-order chi connectivity index (χ1) is 9.12. The van der Waals surface area contributed by atoms with E-state index in [-0.39, 0.29) is 5.41 Å². The Hall–Kier alpha value is -0.820. The molecule has 0 N–H and O–H groups in total. The van der Waals surface area contributed by atoms with Crippen LogP contribution in [0.4, 0.5) is 0 Å². The van der Waals surface area contributed by atoms with Crippen molar-refractivity contribution in [3.63, 3.8) is 0 Å². The Kier molecular flexibility index (Phi) is 5.04. The number of aryl methyl sites for hydroxylation is 1. The lowest BCUT2D eigenvalue weighted by molar-refractivity contribution is -0.130. The molecule has 1 aromatic rings. The van der Waals surface area contributed by atoms with Crippen molar-refractivity contribution in [3.05, 3.63) is 34.9 Å². The van der Waals surface area contributed by atoms with E-state index in [9.17, 15) is 4.79 Å². The van der Waals surface area contributed by atoms with Gasteiger partial charge in [-0.2, -0.15) is 0 Å². The first-order valence-electron chi connectivity index (χ1n) is 7.38. The third-order valence-electron chi connectivity index (χ3n) is 4.44. The fraction of sp³-hybridized carbons (Fsp3) is 0.588. The first kappa shape index (κ1) is 14.6. The van der Waals surface area contributed by atoms with Crippen LogP contribution in [0.25, 0.3) is 0 Å². The van der Waals surface area contributed by atoms with Gasteiger partial charge < -0.3 is 0 Å². The molecule has 0 aliphatic heterocycles. The molecule has 1 fully saturated rings. The van der Waals surface area contributed by atoms with Crippen LogP contribution in [0.15, 0.2) is 24.3 Å². The van der Waals surface area contributed by atoms with Gasteiger partial charge in [-0.25, -0.2) is 0 Å². The van der Waals surface area contributed by atoms with Gasteiger partial charge in [-0.15, -0.1) is 0 Å². The van der Waals surface area contributed by atoms with Crippen molar-refractivity contribution in [3.8, 4) is 0 Å². The first-order valence-corrected chi connectivity index (χ1v) is 7.76. The Morgan fingerprint density at radius 1 is 1.21 bits per heavy atom. The summed E-state index contributed by atoms with van der Waals surface area (Å²) in [5, 5.41) is 0.863. The number of rotatable bonds is 5. The van der Waals surface area contributed by atoms with Gasteiger partial charge in [-0.05, 0) is 43.7 Å². The van der Waals surface area contributed by atoms with Crippen LogP contribution in [0.2, 0.25) is 5.02 Å². The van der Waals surface area contributed by atoms with E-state index in [1.807, 2.05) is 18.2 Å². The molecule has 2 rings (SSSR count). The number of carbonyl (C=O) groups excluding carboxylic acids is 1. The molecule has 0 saturated heterocycles. The molecule has 104 valence electrons. The minimum Gasteiger partial charge on any atom is -0.299 e. The Bertz CT molecular complexity index is 441. The Morgan fingerprint density at radius 3 is 2.74 bits per heavy atom. The lowest BCUT2D eigenvalue weighted by atomic mass is 9.71. The molecule has 0 heterocycles. The number of unbranched alkanes of at least 4 members (excludes halogenated alkanes) is 1. The van der Waals surface area contributed by atoms with Gasteiger partial charge in [0.2, 0.25) is 0 Å². The summed E-state index contributed by atoms with van der Waals surface area (Å²) in [7, 11) is 0. The van der Waals surface area contributed by atoms with E-state index < -0.39 is 0 Å². The van der Waals surface area contributed by atoms with Crippen LogP contribution < -0.4 is 0 Å². The standard InChI is InChI=1S/C17H23ClO/c1-17(13-7-5-11-16(17)19)12-6-4-9-14-8-2-3-10-15(14)18/h2-3,8,10H,4-7,9,11-13H2,1H3. The molecule has 2 heteroatoms. The van der Waals surface area contributed by atoms with E-state index in [2.05, 4.69) is 13.0 Å². The molecule has 1 unspecified atom stereocenters. The van der Waals surface area contributed by atoms with Crippen molar-refractivity contribution in [1.82, 2.24) is 0 Å². The highest BCUT2D eigenvalue weighted by molar-refractivity contribution is 6.31. The molecule has 0 aromatic heterocycles. The van der Waals surface area contributed by atoms with Crippen molar-refractivity contribution < 1.29 is 4.79 Å². The summed E-state index contributed by atoms with van der Waals surface area (Å²) in [6.45, 7) is 2.16. The zero-order chi connectivity index (χ0) is 13.7. The Balaban J connectivity index is 1.78. The summed E-state index contributed by atoms with van der Waals surface area (Å²) in [5.41, 5.74) is 1.18. The molecule has 1 saturated carbocycles. The molecule has 1 aliphatic carbocycles. The third kappa shape index (κ3) is 3.82. The highest BCUT2D eigenvalue weighted by Crippen LogP contribution is 2.37. The molecule has 0 spiro atoms. The molecule has 0 bridgehead atoms. The van der Waals surface area contributed by atoms with Crippen molar-refractivity contribution in [1.29, 1.82) is 0 Å². The zero-order valence-electron chi connectivity index (χ0n) is 11.8. The topological polar surface area (TPSA) is 17.1 Å². The SMILES string of the molecule is CC1(CCCCc2ccccc2Cl)CCCCC1=O. The number of hydrogen-bond acceptors (Lipinski definition) is 1. The minimum absolute atomic E-state index is 0.0429. The number of hydrogen-bond donors (Lipinski definition) is 0. The van der Waals surface area contributed by atoms with Gasteiger partial charge in [0, 0.05) is 16.9 Å². The molecule has 1 aliphatic rings. The molecule has 1 aromatic carbocycles. The molecule has 1 nitrogen and oxygen atoms in total. The van der Waals surface area contributed by atoms with Crippen LogP contribution in [-0.2, 0) is 11.2 Å². The smallest absolute Gasteiger partial charge is 0.138 e. The van der Waals surface area contributed by atoms with Gasteiger partial charge in [0.1, 0.15) is 5.78 Å². The van der Waals surface area contributed by atoms with Crippen LogP contribution in [-0.4, -0.2) is 5.78 Å². The van der Waals surface area contributed by atoms with Crippen LogP contribution >= 0.6 is 11.6 Å².